The average molecular weight is 684 g/mol. The molecule has 8 nitrogen and oxygen atoms in total. The molecular weight excluding hydrogens is 631 g/mol. The number of phenols is 3. The third-order valence-corrected chi connectivity index (χ3v) is 12.5. The maximum absolute atomic E-state index is 11.0. The third kappa shape index (κ3) is 7.04. The topological polar surface area (TPSA) is 132 Å². The van der Waals surface area contributed by atoms with Crippen molar-refractivity contribution >= 4 is 6.21 Å². The van der Waals surface area contributed by atoms with E-state index in [2.05, 4.69) is 16.4 Å². The van der Waals surface area contributed by atoms with E-state index in [9.17, 15) is 15.3 Å². The molecule has 0 aliphatic heterocycles. The summed E-state index contributed by atoms with van der Waals surface area (Å²) in [5.74, 6) is 6.22. The minimum absolute atomic E-state index is 0.0991. The number of hydrogen-bond donors (Lipinski definition) is 5. The number of rotatable bonds is 9. The molecule has 10 rings (SSSR count). The minimum atomic E-state index is 0.0991. The summed E-state index contributed by atoms with van der Waals surface area (Å²) in [6.45, 7) is 1.98. The van der Waals surface area contributed by atoms with Gasteiger partial charge in [0.15, 0.2) is 23.0 Å². The van der Waals surface area contributed by atoms with Gasteiger partial charge in [-0.25, -0.2) is 0 Å². The monoisotopic (exact) mass is 683 g/mol. The van der Waals surface area contributed by atoms with E-state index < -0.39 is 0 Å². The van der Waals surface area contributed by atoms with Gasteiger partial charge in [0, 0.05) is 30.4 Å². The molecule has 0 spiro atoms. The Hall–Kier alpha value is -2.39. The second kappa shape index (κ2) is 14.6. The number of nitrogens with zero attached hydrogens (tertiary/aromatic N) is 1. The van der Waals surface area contributed by atoms with Crippen LogP contribution in [0.15, 0.2) is 35.3 Å². The van der Waals surface area contributed by atoms with Crippen LogP contribution in [0.25, 0.3) is 0 Å². The van der Waals surface area contributed by atoms with Crippen LogP contribution in [0.2, 0.25) is 0 Å². The van der Waals surface area contributed by atoms with Crippen LogP contribution in [-0.4, -0.2) is 60.0 Å². The molecule has 47 heavy (non-hydrogen) atoms. The predicted molar refractivity (Wildman–Crippen MR) is 177 cm³/mol. The quantitative estimate of drug-likeness (QED) is 0.119. The summed E-state index contributed by atoms with van der Waals surface area (Å²) in [6.07, 6.45) is 17.9. The van der Waals surface area contributed by atoms with Crippen LogP contribution < -0.4 is 10.1 Å². The molecule has 8 bridgehead atoms. The Kier molecular flexibility index (Phi) is 10.7. The number of ether oxygens (including phenoxy) is 1. The van der Waals surface area contributed by atoms with Gasteiger partial charge in [0.05, 0.1) is 20.3 Å². The van der Waals surface area contributed by atoms with E-state index in [-0.39, 0.29) is 34.7 Å². The summed E-state index contributed by atoms with van der Waals surface area (Å²) in [7, 11) is 1.51. The molecule has 0 aromatic heterocycles. The number of hydrogen-bond acceptors (Lipinski definition) is 8. The summed E-state index contributed by atoms with van der Waals surface area (Å²) in [5, 5.41) is 43.2. The first-order chi connectivity index (χ1) is 22.8. The Morgan fingerprint density at radius 1 is 0.809 bits per heavy atom. The zero-order chi connectivity index (χ0) is 33.2. The molecule has 0 heterocycles. The van der Waals surface area contributed by atoms with Gasteiger partial charge in [-0.05, 0) is 147 Å². The first-order valence-electron chi connectivity index (χ1n) is 17.7. The molecule has 0 unspecified atom stereocenters. The molecule has 255 valence electrons. The van der Waals surface area contributed by atoms with Crippen molar-refractivity contribution in [3.8, 4) is 23.0 Å². The van der Waals surface area contributed by atoms with Crippen molar-refractivity contribution in [3.63, 3.8) is 0 Å². The molecule has 0 amide bonds. The molecule has 8 aliphatic carbocycles. The zero-order valence-electron chi connectivity index (χ0n) is 27.7. The van der Waals surface area contributed by atoms with E-state index in [1.165, 1.54) is 89.7 Å². The summed E-state index contributed by atoms with van der Waals surface area (Å²) in [4.78, 5) is 4.16. The Balaban J connectivity index is 0.000000177. The summed E-state index contributed by atoms with van der Waals surface area (Å²) < 4.78 is 13.2. The van der Waals surface area contributed by atoms with E-state index in [1.807, 2.05) is 6.07 Å². The SMILES string of the molecule is COc1cccc(C=NCCNCCO)c1O.Oc1cc(C23CC4CC(CC(C4)C2)C3)cc(C23CC4CC(CC(C4)C2)C3)c1O.[O]=[V]. The van der Waals surface area contributed by atoms with Crippen molar-refractivity contribution in [1.82, 2.24) is 5.32 Å². The molecule has 0 radical (unpaired) electrons. The van der Waals surface area contributed by atoms with Crippen LogP contribution in [0, 0.1) is 35.5 Å². The summed E-state index contributed by atoms with van der Waals surface area (Å²) in [5.41, 5.74) is 3.59. The fourth-order valence-corrected chi connectivity index (χ4v) is 11.6. The molecule has 5 N–H and O–H groups in total. The van der Waals surface area contributed by atoms with Gasteiger partial charge < -0.3 is 30.5 Å². The number of aliphatic imine (C=N–C) groups is 1. The van der Waals surface area contributed by atoms with Crippen molar-refractivity contribution in [2.24, 2.45) is 40.5 Å². The van der Waals surface area contributed by atoms with Crippen LogP contribution in [0.3, 0.4) is 0 Å². The van der Waals surface area contributed by atoms with Gasteiger partial charge >= 0.3 is 21.0 Å². The van der Waals surface area contributed by atoms with Gasteiger partial charge in [-0.1, -0.05) is 12.1 Å². The van der Waals surface area contributed by atoms with Crippen LogP contribution in [-0.2, 0) is 31.9 Å². The van der Waals surface area contributed by atoms with E-state index in [4.69, 9.17) is 13.5 Å². The first kappa shape index (κ1) is 34.5. The number of para-hydroxylation sites is 1. The van der Waals surface area contributed by atoms with Crippen LogP contribution in [0.5, 0.6) is 23.0 Å². The Morgan fingerprint density at radius 2 is 1.34 bits per heavy atom. The number of phenolic OH excluding ortho intramolecular Hbond substituents is 3. The molecule has 2 aromatic carbocycles. The Labute approximate surface area is 288 Å². The number of aliphatic hydroxyl groups is 1. The van der Waals surface area contributed by atoms with Crippen LogP contribution in [0.4, 0.5) is 0 Å². The van der Waals surface area contributed by atoms with E-state index in [0.717, 1.165) is 58.4 Å². The number of aromatic hydroxyl groups is 3. The van der Waals surface area contributed by atoms with E-state index in [1.54, 1.807) is 24.4 Å². The Morgan fingerprint density at radius 3 is 1.85 bits per heavy atom. The second-order valence-corrected chi connectivity index (χ2v) is 15.7. The van der Waals surface area contributed by atoms with Crippen LogP contribution in [0.1, 0.15) is 93.7 Å². The fourth-order valence-electron chi connectivity index (χ4n) is 11.6. The van der Waals surface area contributed by atoms with Gasteiger partial charge in [0.25, 0.3) is 0 Å². The van der Waals surface area contributed by atoms with Crippen molar-refractivity contribution in [2.75, 3.05) is 33.4 Å². The number of aliphatic hydroxyl groups excluding tert-OH is 1. The van der Waals surface area contributed by atoms with Gasteiger partial charge in [-0.15, -0.1) is 0 Å². The summed E-state index contributed by atoms with van der Waals surface area (Å²) in [6, 6.07) is 9.63. The fraction of sp³-hybridized carbons (Fsp3) is 0.658. The third-order valence-electron chi connectivity index (χ3n) is 12.5. The number of benzene rings is 2. The molecular formula is C38H52N2O6V. The molecule has 0 saturated heterocycles. The zero-order valence-corrected chi connectivity index (χ0v) is 29.1. The van der Waals surface area contributed by atoms with Gasteiger partial charge in [0.2, 0.25) is 0 Å². The first-order valence-corrected chi connectivity index (χ1v) is 18.3. The average Bonchev–Trinajstić information content (AvgIpc) is 3.04. The van der Waals surface area contributed by atoms with Crippen LogP contribution >= 0.6 is 0 Å². The van der Waals surface area contributed by atoms with Crippen molar-refractivity contribution < 1.29 is 46.2 Å². The molecule has 8 saturated carbocycles. The standard InChI is InChI=1S/C26H34O2.C12H18N2O3.O.V/c27-23-8-21(25-9-15-1-16(10-25)3-17(2-15)11-25)7-22(24(23)28)26-12-18-4-19(13-26)6-20(5-18)14-26;1-17-11-4-2-3-10(12(11)16)9-14-6-5-13-7-8-15;;/h7-8,15-20,27-28H,1-6,9-14H2;2-4,9,13,15-16H,5-8H2,1H3;;. The number of methoxy groups -OCH3 is 1. The van der Waals surface area contributed by atoms with Gasteiger partial charge in [0.1, 0.15) is 0 Å². The van der Waals surface area contributed by atoms with Gasteiger partial charge in [-0.3, -0.25) is 4.99 Å². The molecule has 0 atom stereocenters. The van der Waals surface area contributed by atoms with Gasteiger partial charge in [-0.2, -0.15) is 0 Å². The van der Waals surface area contributed by atoms with E-state index >= 15 is 0 Å². The maximum atomic E-state index is 11.0. The summed E-state index contributed by atoms with van der Waals surface area (Å²) >= 11 is 1.06. The number of nitrogens with one attached hydrogen (secondary N) is 1. The molecule has 9 heteroatoms. The predicted octanol–water partition coefficient (Wildman–Crippen LogP) is 6.31. The van der Waals surface area contributed by atoms with Crippen molar-refractivity contribution in [2.45, 2.75) is 87.9 Å². The molecule has 8 fully saturated rings. The Bertz CT molecular complexity index is 1360. The normalized spacial score (nSPS) is 34.1. The molecule has 2 aromatic rings. The van der Waals surface area contributed by atoms with E-state index in [0.29, 0.717) is 30.9 Å². The van der Waals surface area contributed by atoms with Crippen molar-refractivity contribution in [3.05, 3.63) is 47.0 Å². The molecule has 8 aliphatic rings. The second-order valence-electron chi connectivity index (χ2n) is 15.7. The van der Waals surface area contributed by atoms with Crippen molar-refractivity contribution in [1.29, 1.82) is 0 Å².